The van der Waals surface area contributed by atoms with Crippen LogP contribution in [0.1, 0.15) is 19.3 Å². The van der Waals surface area contributed by atoms with E-state index in [1.54, 1.807) is 0 Å². The van der Waals surface area contributed by atoms with Gasteiger partial charge in [-0.25, -0.2) is 0 Å². The maximum Gasteiger partial charge on any atom is 0.322 e. The highest BCUT2D eigenvalue weighted by Crippen LogP contribution is 2.07. The lowest BCUT2D eigenvalue weighted by Gasteiger charge is -2.24. The lowest BCUT2D eigenvalue weighted by Crippen LogP contribution is -2.35. The zero-order valence-corrected chi connectivity index (χ0v) is 7.16. The summed E-state index contributed by atoms with van der Waals surface area (Å²) in [6.07, 6.45) is 3.57. The summed E-state index contributed by atoms with van der Waals surface area (Å²) in [5, 5.41) is 8.30. The molecule has 4 heteroatoms. The number of aliphatic hydroxyl groups excluding tert-OH is 1. The molecule has 0 radical (unpaired) electrons. The lowest BCUT2D eigenvalue weighted by molar-refractivity contribution is -0.153. The van der Waals surface area contributed by atoms with Gasteiger partial charge in [0.05, 0.1) is 6.54 Å². The van der Waals surface area contributed by atoms with E-state index < -0.39 is 6.79 Å². The van der Waals surface area contributed by atoms with E-state index in [1.165, 1.54) is 6.42 Å². The number of carbonyl (C=O) groups excluding carboxylic acids is 1. The number of esters is 1. The van der Waals surface area contributed by atoms with Crippen molar-refractivity contribution >= 4 is 5.97 Å². The Balaban J connectivity index is 2.15. The maximum atomic E-state index is 10.9. The molecule has 0 bridgehead atoms. The van der Waals surface area contributed by atoms with Crippen LogP contribution in [-0.4, -0.2) is 42.4 Å². The Morgan fingerprint density at radius 2 is 2.00 bits per heavy atom. The first-order valence-electron chi connectivity index (χ1n) is 4.32. The van der Waals surface area contributed by atoms with Gasteiger partial charge < -0.3 is 9.84 Å². The van der Waals surface area contributed by atoms with Crippen molar-refractivity contribution in [2.75, 3.05) is 26.4 Å². The molecule has 1 heterocycles. The predicted molar refractivity (Wildman–Crippen MR) is 43.5 cm³/mol. The van der Waals surface area contributed by atoms with E-state index >= 15 is 0 Å². The van der Waals surface area contributed by atoms with Crippen molar-refractivity contribution in [3.63, 3.8) is 0 Å². The normalized spacial score (nSPS) is 19.1. The van der Waals surface area contributed by atoms with Crippen molar-refractivity contribution in [2.45, 2.75) is 19.3 Å². The highest BCUT2D eigenvalue weighted by atomic mass is 16.6. The van der Waals surface area contributed by atoms with Crippen molar-refractivity contribution in [1.82, 2.24) is 4.90 Å². The standard InChI is InChI=1S/C8H15NO3/c10-7-12-8(11)6-9-4-2-1-3-5-9/h10H,1-7H2. The van der Waals surface area contributed by atoms with E-state index in [1.807, 2.05) is 0 Å². The van der Waals surface area contributed by atoms with Crippen molar-refractivity contribution < 1.29 is 14.6 Å². The summed E-state index contributed by atoms with van der Waals surface area (Å²) in [6, 6.07) is 0. The Hall–Kier alpha value is -0.610. The first-order chi connectivity index (χ1) is 5.83. The van der Waals surface area contributed by atoms with Crippen LogP contribution in [0.2, 0.25) is 0 Å². The lowest BCUT2D eigenvalue weighted by atomic mass is 10.1. The number of hydrogen-bond donors (Lipinski definition) is 1. The zero-order valence-electron chi connectivity index (χ0n) is 7.16. The molecule has 1 aliphatic rings. The van der Waals surface area contributed by atoms with Crippen LogP contribution in [0.3, 0.4) is 0 Å². The third kappa shape index (κ3) is 3.19. The van der Waals surface area contributed by atoms with Crippen molar-refractivity contribution in [3.05, 3.63) is 0 Å². The van der Waals surface area contributed by atoms with Crippen LogP contribution in [0.15, 0.2) is 0 Å². The molecule has 4 nitrogen and oxygen atoms in total. The van der Waals surface area contributed by atoms with Gasteiger partial charge in [-0.2, -0.15) is 0 Å². The molecule has 70 valence electrons. The molecule has 0 spiro atoms. The van der Waals surface area contributed by atoms with E-state index in [4.69, 9.17) is 5.11 Å². The van der Waals surface area contributed by atoms with E-state index in [0.717, 1.165) is 25.9 Å². The van der Waals surface area contributed by atoms with Gasteiger partial charge in [-0.1, -0.05) is 6.42 Å². The number of ether oxygens (including phenoxy) is 1. The topological polar surface area (TPSA) is 49.8 Å². The minimum atomic E-state index is -0.507. The number of hydrogen-bond acceptors (Lipinski definition) is 4. The van der Waals surface area contributed by atoms with Gasteiger partial charge in [-0.05, 0) is 25.9 Å². The van der Waals surface area contributed by atoms with Gasteiger partial charge in [0.1, 0.15) is 0 Å². The smallest absolute Gasteiger partial charge is 0.322 e. The number of nitrogens with zero attached hydrogens (tertiary/aromatic N) is 1. The van der Waals surface area contributed by atoms with Gasteiger partial charge in [0.2, 0.25) is 0 Å². The average Bonchev–Trinajstić information content (AvgIpc) is 2.06. The predicted octanol–water partition coefficient (Wildman–Crippen LogP) is -0.0347. The molecular weight excluding hydrogens is 158 g/mol. The van der Waals surface area contributed by atoms with Gasteiger partial charge in [0, 0.05) is 0 Å². The zero-order chi connectivity index (χ0) is 8.81. The van der Waals surface area contributed by atoms with Crippen LogP contribution < -0.4 is 0 Å². The average molecular weight is 173 g/mol. The highest BCUT2D eigenvalue weighted by molar-refractivity contribution is 5.71. The summed E-state index contributed by atoms with van der Waals surface area (Å²) in [4.78, 5) is 12.9. The second kappa shape index (κ2) is 5.11. The van der Waals surface area contributed by atoms with Gasteiger partial charge in [0.25, 0.3) is 0 Å². The number of likely N-dealkylation sites (tertiary alicyclic amines) is 1. The number of piperidine rings is 1. The maximum absolute atomic E-state index is 10.9. The Bertz CT molecular complexity index is 143. The second-order valence-corrected chi connectivity index (χ2v) is 2.98. The Labute approximate surface area is 72.1 Å². The molecule has 1 N–H and O–H groups in total. The van der Waals surface area contributed by atoms with Gasteiger partial charge in [-0.3, -0.25) is 9.69 Å². The van der Waals surface area contributed by atoms with Crippen molar-refractivity contribution in [3.8, 4) is 0 Å². The Morgan fingerprint density at radius 1 is 1.33 bits per heavy atom. The minimum absolute atomic E-state index is 0.320. The molecule has 1 fully saturated rings. The molecule has 0 aromatic rings. The fourth-order valence-electron chi connectivity index (χ4n) is 1.42. The van der Waals surface area contributed by atoms with Gasteiger partial charge in [-0.15, -0.1) is 0 Å². The molecule has 0 aliphatic carbocycles. The number of rotatable bonds is 3. The molecular formula is C8H15NO3. The minimum Gasteiger partial charge on any atom is -0.438 e. The van der Waals surface area contributed by atoms with E-state index in [9.17, 15) is 4.79 Å². The summed E-state index contributed by atoms with van der Waals surface area (Å²) in [5.41, 5.74) is 0. The molecule has 0 aromatic carbocycles. The monoisotopic (exact) mass is 173 g/mol. The molecule has 1 saturated heterocycles. The van der Waals surface area contributed by atoms with Crippen LogP contribution in [0, 0.1) is 0 Å². The second-order valence-electron chi connectivity index (χ2n) is 2.98. The van der Waals surface area contributed by atoms with Crippen LogP contribution in [0.4, 0.5) is 0 Å². The van der Waals surface area contributed by atoms with Crippen LogP contribution >= 0.6 is 0 Å². The van der Waals surface area contributed by atoms with Crippen LogP contribution in [-0.2, 0) is 9.53 Å². The first-order valence-corrected chi connectivity index (χ1v) is 4.32. The fraction of sp³-hybridized carbons (Fsp3) is 0.875. The highest BCUT2D eigenvalue weighted by Gasteiger charge is 2.13. The first kappa shape index (κ1) is 9.48. The summed E-state index contributed by atoms with van der Waals surface area (Å²) in [6.45, 7) is 1.76. The summed E-state index contributed by atoms with van der Waals surface area (Å²) >= 11 is 0. The van der Waals surface area contributed by atoms with Crippen LogP contribution in [0.25, 0.3) is 0 Å². The molecule has 0 amide bonds. The third-order valence-electron chi connectivity index (χ3n) is 2.03. The van der Waals surface area contributed by atoms with Gasteiger partial charge in [0.15, 0.2) is 6.79 Å². The molecule has 0 atom stereocenters. The van der Waals surface area contributed by atoms with E-state index in [-0.39, 0.29) is 5.97 Å². The van der Waals surface area contributed by atoms with Crippen molar-refractivity contribution in [1.29, 1.82) is 0 Å². The van der Waals surface area contributed by atoms with Gasteiger partial charge >= 0.3 is 5.97 Å². The Kier molecular flexibility index (Phi) is 4.04. The van der Waals surface area contributed by atoms with E-state index in [2.05, 4.69) is 9.64 Å². The number of aliphatic hydroxyl groups is 1. The van der Waals surface area contributed by atoms with Crippen LogP contribution in [0.5, 0.6) is 0 Å². The molecule has 12 heavy (non-hydrogen) atoms. The molecule has 0 saturated carbocycles. The third-order valence-corrected chi connectivity index (χ3v) is 2.03. The molecule has 0 aromatic heterocycles. The largest absolute Gasteiger partial charge is 0.438 e. The number of carbonyl (C=O) groups is 1. The Morgan fingerprint density at radius 3 is 2.58 bits per heavy atom. The molecule has 1 rings (SSSR count). The quantitative estimate of drug-likeness (QED) is 0.481. The summed E-state index contributed by atoms with van der Waals surface area (Å²) < 4.78 is 4.42. The summed E-state index contributed by atoms with van der Waals surface area (Å²) in [5.74, 6) is -0.334. The molecule has 1 aliphatic heterocycles. The summed E-state index contributed by atoms with van der Waals surface area (Å²) in [7, 11) is 0. The van der Waals surface area contributed by atoms with Crippen molar-refractivity contribution in [2.24, 2.45) is 0 Å². The fourth-order valence-corrected chi connectivity index (χ4v) is 1.42. The SMILES string of the molecule is O=C(CN1CCCCC1)OCO. The van der Waals surface area contributed by atoms with E-state index in [0.29, 0.717) is 6.54 Å². The molecule has 0 unspecified atom stereocenters.